The van der Waals surface area contributed by atoms with Gasteiger partial charge >= 0.3 is 0 Å². The summed E-state index contributed by atoms with van der Waals surface area (Å²) >= 11 is 1.71. The molecule has 1 aromatic rings. The average molecular weight is 242 g/mol. The van der Waals surface area contributed by atoms with E-state index >= 15 is 0 Å². The van der Waals surface area contributed by atoms with Crippen LogP contribution >= 0.6 is 11.3 Å². The Hall–Kier alpha value is -0.450. The summed E-state index contributed by atoms with van der Waals surface area (Å²) in [6.07, 6.45) is 1.84. The van der Waals surface area contributed by atoms with E-state index in [0.29, 0.717) is 6.61 Å². The number of hydrogen-bond donors (Lipinski definition) is 1. The van der Waals surface area contributed by atoms with Gasteiger partial charge < -0.3 is 10.5 Å². The minimum Gasteiger partial charge on any atom is -0.385 e. The molecule has 0 aromatic carbocycles. The Labute approximate surface area is 102 Å². The molecule has 0 bridgehead atoms. The van der Waals surface area contributed by atoms with Crippen LogP contribution in [-0.4, -0.2) is 18.7 Å². The summed E-state index contributed by atoms with van der Waals surface area (Å²) in [6.45, 7) is 7.35. The van der Waals surface area contributed by atoms with Gasteiger partial charge in [-0.2, -0.15) is 0 Å². The maximum absolute atomic E-state index is 6.02. The van der Waals surface area contributed by atoms with Crippen LogP contribution in [0.25, 0.3) is 0 Å². The SMILES string of the molecule is COCCC(N)c1csc(CC(C)(C)C)n1. The van der Waals surface area contributed by atoms with Gasteiger partial charge in [0.1, 0.15) is 0 Å². The highest BCUT2D eigenvalue weighted by Gasteiger charge is 2.16. The third kappa shape index (κ3) is 4.60. The maximum atomic E-state index is 6.02. The number of ether oxygens (including phenoxy) is 1. The number of aromatic nitrogens is 1. The first-order chi connectivity index (χ1) is 7.42. The van der Waals surface area contributed by atoms with Gasteiger partial charge in [-0.15, -0.1) is 11.3 Å². The standard InChI is InChI=1S/C12H22N2OS/c1-12(2,3)7-11-14-10(8-16-11)9(13)5-6-15-4/h8-9H,5-7,13H2,1-4H3. The first-order valence-corrected chi connectivity index (χ1v) is 6.49. The van der Waals surface area contributed by atoms with E-state index in [1.165, 1.54) is 5.01 Å². The molecule has 3 nitrogen and oxygen atoms in total. The lowest BCUT2D eigenvalue weighted by molar-refractivity contribution is 0.187. The molecule has 0 spiro atoms. The van der Waals surface area contributed by atoms with Crippen molar-refractivity contribution in [1.82, 2.24) is 4.98 Å². The Morgan fingerprint density at radius 2 is 2.19 bits per heavy atom. The normalized spacial score (nSPS) is 14.1. The lowest BCUT2D eigenvalue weighted by atomic mass is 9.93. The molecule has 0 aliphatic carbocycles. The minimum atomic E-state index is 0.00455. The van der Waals surface area contributed by atoms with Gasteiger partial charge in [-0.05, 0) is 11.8 Å². The molecule has 0 amide bonds. The van der Waals surface area contributed by atoms with E-state index in [4.69, 9.17) is 10.5 Å². The minimum absolute atomic E-state index is 0.00455. The van der Waals surface area contributed by atoms with E-state index < -0.39 is 0 Å². The zero-order chi connectivity index (χ0) is 12.2. The molecule has 1 atom stereocenters. The quantitative estimate of drug-likeness (QED) is 0.863. The Bertz CT molecular complexity index is 317. The number of nitrogens with two attached hydrogens (primary N) is 1. The lowest BCUT2D eigenvalue weighted by Crippen LogP contribution is -2.14. The van der Waals surface area contributed by atoms with Crippen molar-refractivity contribution < 1.29 is 4.74 Å². The first kappa shape index (κ1) is 13.6. The first-order valence-electron chi connectivity index (χ1n) is 5.61. The van der Waals surface area contributed by atoms with Gasteiger partial charge in [0.15, 0.2) is 0 Å². The van der Waals surface area contributed by atoms with Crippen molar-refractivity contribution in [1.29, 1.82) is 0 Å². The van der Waals surface area contributed by atoms with Crippen LogP contribution in [0.4, 0.5) is 0 Å². The van der Waals surface area contributed by atoms with Crippen molar-refractivity contribution in [3.05, 3.63) is 16.1 Å². The number of methoxy groups -OCH3 is 1. The van der Waals surface area contributed by atoms with Crippen molar-refractivity contribution in [2.45, 2.75) is 39.7 Å². The molecule has 1 heterocycles. The predicted octanol–water partition coefficient (Wildman–Crippen LogP) is 2.77. The van der Waals surface area contributed by atoms with Gasteiger partial charge in [-0.1, -0.05) is 20.8 Å². The van der Waals surface area contributed by atoms with Gasteiger partial charge in [0.2, 0.25) is 0 Å². The summed E-state index contributed by atoms with van der Waals surface area (Å²) in [6, 6.07) is 0.00455. The number of nitrogens with zero attached hydrogens (tertiary/aromatic N) is 1. The van der Waals surface area contributed by atoms with Gasteiger partial charge in [0, 0.05) is 25.5 Å². The van der Waals surface area contributed by atoms with Crippen LogP contribution in [-0.2, 0) is 11.2 Å². The van der Waals surface area contributed by atoms with Gasteiger partial charge in [0.25, 0.3) is 0 Å². The maximum Gasteiger partial charge on any atom is 0.0934 e. The van der Waals surface area contributed by atoms with E-state index in [9.17, 15) is 0 Å². The second kappa shape index (κ2) is 5.75. The highest BCUT2D eigenvalue weighted by molar-refractivity contribution is 7.09. The zero-order valence-electron chi connectivity index (χ0n) is 10.6. The van der Waals surface area contributed by atoms with Gasteiger partial charge in [0.05, 0.1) is 16.7 Å². The lowest BCUT2D eigenvalue weighted by Gasteiger charge is -2.15. The molecule has 4 heteroatoms. The fourth-order valence-corrected chi connectivity index (χ4v) is 2.58. The molecule has 0 saturated heterocycles. The Morgan fingerprint density at radius 3 is 2.75 bits per heavy atom. The molecule has 2 N–H and O–H groups in total. The summed E-state index contributed by atoms with van der Waals surface area (Å²) in [7, 11) is 1.69. The van der Waals surface area contributed by atoms with Crippen molar-refractivity contribution in [2.24, 2.45) is 11.1 Å². The monoisotopic (exact) mass is 242 g/mol. The van der Waals surface area contributed by atoms with E-state index in [-0.39, 0.29) is 11.5 Å². The summed E-state index contributed by atoms with van der Waals surface area (Å²) in [5.74, 6) is 0. The molecule has 0 saturated carbocycles. The third-order valence-electron chi connectivity index (χ3n) is 2.26. The molecule has 16 heavy (non-hydrogen) atoms. The summed E-state index contributed by atoms with van der Waals surface area (Å²) in [5, 5.41) is 3.25. The van der Waals surface area contributed by atoms with Crippen LogP contribution in [0.1, 0.15) is 43.9 Å². The van der Waals surface area contributed by atoms with E-state index in [1.807, 2.05) is 0 Å². The zero-order valence-corrected chi connectivity index (χ0v) is 11.4. The van der Waals surface area contributed by atoms with Gasteiger partial charge in [-0.25, -0.2) is 4.98 Å². The predicted molar refractivity (Wildman–Crippen MR) is 68.7 cm³/mol. The van der Waals surface area contributed by atoms with Crippen molar-refractivity contribution in [3.63, 3.8) is 0 Å². The molecular formula is C12H22N2OS. The fourth-order valence-electron chi connectivity index (χ4n) is 1.42. The Balaban J connectivity index is 2.57. The van der Waals surface area contributed by atoms with Crippen molar-refractivity contribution >= 4 is 11.3 Å². The molecule has 0 aliphatic heterocycles. The number of rotatable bonds is 5. The third-order valence-corrected chi connectivity index (χ3v) is 3.13. The average Bonchev–Trinajstić information content (AvgIpc) is 2.59. The van der Waals surface area contributed by atoms with Crippen LogP contribution in [0, 0.1) is 5.41 Å². The topological polar surface area (TPSA) is 48.1 Å². The Morgan fingerprint density at radius 1 is 1.50 bits per heavy atom. The van der Waals surface area contributed by atoms with Crippen LogP contribution in [0.2, 0.25) is 0 Å². The van der Waals surface area contributed by atoms with Crippen LogP contribution in [0.5, 0.6) is 0 Å². The second-order valence-corrected chi connectivity index (χ2v) is 6.23. The molecule has 1 aromatic heterocycles. The van der Waals surface area contributed by atoms with Crippen LogP contribution < -0.4 is 5.73 Å². The largest absolute Gasteiger partial charge is 0.385 e. The molecule has 0 fully saturated rings. The molecule has 1 rings (SSSR count). The molecule has 92 valence electrons. The van der Waals surface area contributed by atoms with Crippen LogP contribution in [0.15, 0.2) is 5.38 Å². The highest BCUT2D eigenvalue weighted by atomic mass is 32.1. The smallest absolute Gasteiger partial charge is 0.0934 e. The molecule has 0 radical (unpaired) electrons. The number of thiazole rings is 1. The summed E-state index contributed by atoms with van der Waals surface area (Å²) in [5.41, 5.74) is 7.31. The summed E-state index contributed by atoms with van der Waals surface area (Å²) in [4.78, 5) is 4.59. The Kier molecular flexibility index (Phi) is 4.89. The summed E-state index contributed by atoms with van der Waals surface area (Å²) < 4.78 is 5.02. The van der Waals surface area contributed by atoms with Crippen LogP contribution in [0.3, 0.4) is 0 Å². The number of hydrogen-bond acceptors (Lipinski definition) is 4. The van der Waals surface area contributed by atoms with Crippen molar-refractivity contribution in [3.8, 4) is 0 Å². The molecule has 1 unspecified atom stereocenters. The van der Waals surface area contributed by atoms with E-state index in [2.05, 4.69) is 31.1 Å². The van der Waals surface area contributed by atoms with Gasteiger partial charge in [-0.3, -0.25) is 0 Å². The molecular weight excluding hydrogens is 220 g/mol. The highest BCUT2D eigenvalue weighted by Crippen LogP contribution is 2.25. The van der Waals surface area contributed by atoms with E-state index in [0.717, 1.165) is 18.5 Å². The van der Waals surface area contributed by atoms with Crippen molar-refractivity contribution in [2.75, 3.05) is 13.7 Å². The second-order valence-electron chi connectivity index (χ2n) is 5.29. The van der Waals surface area contributed by atoms with E-state index in [1.54, 1.807) is 18.4 Å². The fraction of sp³-hybridized carbons (Fsp3) is 0.750. The molecule has 0 aliphatic rings.